The lowest BCUT2D eigenvalue weighted by Crippen LogP contribution is -2.38. The summed E-state index contributed by atoms with van der Waals surface area (Å²) in [6.07, 6.45) is 1.98. The van der Waals surface area contributed by atoms with Gasteiger partial charge in [-0.05, 0) is 30.5 Å². The van der Waals surface area contributed by atoms with Crippen LogP contribution >= 0.6 is 27.3 Å². The minimum absolute atomic E-state index is 0.0847. The predicted octanol–water partition coefficient (Wildman–Crippen LogP) is 3.37. The molecule has 0 bridgehead atoms. The number of hydrogen-bond donors (Lipinski definition) is 2. The van der Waals surface area contributed by atoms with Gasteiger partial charge in [0, 0.05) is 24.0 Å². The topological polar surface area (TPSA) is 73.9 Å². The highest BCUT2D eigenvalue weighted by molar-refractivity contribution is 9.10. The van der Waals surface area contributed by atoms with Crippen LogP contribution in [0.2, 0.25) is 0 Å². The van der Waals surface area contributed by atoms with E-state index in [-0.39, 0.29) is 18.0 Å². The predicted molar refractivity (Wildman–Crippen MR) is 105 cm³/mol. The summed E-state index contributed by atoms with van der Waals surface area (Å²) in [5.74, 6) is 0.895. The molecule has 4 rings (SSSR count). The molecule has 1 fully saturated rings. The molecule has 138 valence electrons. The van der Waals surface area contributed by atoms with Crippen molar-refractivity contribution in [3.8, 4) is 5.88 Å². The van der Waals surface area contributed by atoms with Gasteiger partial charge in [0.05, 0.1) is 17.0 Å². The average Bonchev–Trinajstić information content (AvgIpc) is 3.17. The Morgan fingerprint density at radius 2 is 2.12 bits per heavy atom. The first-order chi connectivity index (χ1) is 12.6. The van der Waals surface area contributed by atoms with Gasteiger partial charge in [0.15, 0.2) is 5.82 Å². The number of nitrogens with zero attached hydrogens (tertiary/aromatic N) is 4. The molecule has 3 heterocycles. The first-order valence-corrected chi connectivity index (χ1v) is 10.4. The van der Waals surface area contributed by atoms with E-state index >= 15 is 0 Å². The third kappa shape index (κ3) is 3.26. The summed E-state index contributed by atoms with van der Waals surface area (Å²) >= 11 is 5.04. The third-order valence-electron chi connectivity index (χ3n) is 4.84. The fourth-order valence-electron chi connectivity index (χ4n) is 3.47. The maximum absolute atomic E-state index is 10.9. The van der Waals surface area contributed by atoms with Crippen LogP contribution in [-0.4, -0.2) is 48.9 Å². The zero-order chi connectivity index (χ0) is 18.3. The van der Waals surface area contributed by atoms with Crippen LogP contribution in [0, 0.1) is 0 Å². The average molecular weight is 437 g/mol. The fourth-order valence-corrected chi connectivity index (χ4v) is 5.02. The van der Waals surface area contributed by atoms with Crippen LogP contribution < -0.4 is 0 Å². The molecule has 6 nitrogen and oxygen atoms in total. The number of aromatic hydroxyl groups is 1. The lowest BCUT2D eigenvalue weighted by atomic mass is 9.99. The Hall–Kier alpha value is -1.48. The summed E-state index contributed by atoms with van der Waals surface area (Å²) in [5, 5.41) is 25.1. The third-order valence-corrected chi connectivity index (χ3v) is 6.40. The Kier molecular flexibility index (Phi) is 5.00. The van der Waals surface area contributed by atoms with Gasteiger partial charge in [-0.15, -0.1) is 5.10 Å². The van der Waals surface area contributed by atoms with Crippen molar-refractivity contribution in [2.45, 2.75) is 38.3 Å². The van der Waals surface area contributed by atoms with Gasteiger partial charge in [0.1, 0.15) is 0 Å². The Balaban J connectivity index is 1.79. The van der Waals surface area contributed by atoms with Crippen molar-refractivity contribution in [2.24, 2.45) is 0 Å². The highest BCUT2D eigenvalue weighted by Gasteiger charge is 2.31. The number of rotatable bonds is 4. The van der Waals surface area contributed by atoms with Crippen molar-refractivity contribution in [1.82, 2.24) is 19.5 Å². The second-order valence-corrected chi connectivity index (χ2v) is 8.52. The van der Waals surface area contributed by atoms with Crippen LogP contribution in [0.25, 0.3) is 4.96 Å². The molecular weight excluding hydrogens is 416 g/mol. The largest absolute Gasteiger partial charge is 0.492 e. The molecule has 0 aliphatic carbocycles. The van der Waals surface area contributed by atoms with E-state index in [2.05, 4.69) is 43.0 Å². The zero-order valence-corrected chi connectivity index (χ0v) is 16.9. The summed E-state index contributed by atoms with van der Waals surface area (Å²) in [5.41, 5.74) is 1.10. The zero-order valence-electron chi connectivity index (χ0n) is 14.5. The van der Waals surface area contributed by atoms with E-state index in [0.29, 0.717) is 4.96 Å². The summed E-state index contributed by atoms with van der Waals surface area (Å²) in [6, 6.07) is 8.08. The number of halogens is 1. The highest BCUT2D eigenvalue weighted by atomic mass is 79.9. The second kappa shape index (κ2) is 7.26. The molecule has 0 spiro atoms. The molecule has 2 N–H and O–H groups in total. The molecule has 0 radical (unpaired) electrons. The molecule has 1 aliphatic rings. The highest BCUT2D eigenvalue weighted by Crippen LogP contribution is 2.41. The molecule has 2 aromatic heterocycles. The molecule has 1 aliphatic heterocycles. The molecular formula is C18H21BrN4O2S. The van der Waals surface area contributed by atoms with E-state index in [4.69, 9.17) is 0 Å². The van der Waals surface area contributed by atoms with Crippen molar-refractivity contribution in [3.05, 3.63) is 45.0 Å². The molecule has 1 atom stereocenters. The standard InChI is InChI=1S/C18H21BrN4O2S/c1-2-14-20-18-23(21-14)17(25)16(26-18)15(11-4-3-5-12(19)10-11)22-8-6-13(24)7-9-22/h3-5,10,13,15,24-25H,2,6-9H2,1H3/t15-/m1/s1. The number of fused-ring (bicyclic) bond motifs is 1. The van der Waals surface area contributed by atoms with Crippen LogP contribution in [0.15, 0.2) is 28.7 Å². The van der Waals surface area contributed by atoms with Crippen LogP contribution in [0.1, 0.15) is 42.1 Å². The SMILES string of the molecule is CCc1nc2sc([C@@H](c3cccc(Br)c3)N3CCC(O)CC3)c(O)n2n1. The molecule has 26 heavy (non-hydrogen) atoms. The number of aliphatic hydroxyl groups is 1. The number of aryl methyl sites for hydroxylation is 1. The number of hydrogen-bond acceptors (Lipinski definition) is 6. The summed E-state index contributed by atoms with van der Waals surface area (Å²) in [7, 11) is 0. The van der Waals surface area contributed by atoms with Crippen molar-refractivity contribution in [3.63, 3.8) is 0 Å². The lowest BCUT2D eigenvalue weighted by Gasteiger charge is -2.36. The quantitative estimate of drug-likeness (QED) is 0.655. The van der Waals surface area contributed by atoms with Crippen molar-refractivity contribution in [2.75, 3.05) is 13.1 Å². The first-order valence-electron chi connectivity index (χ1n) is 8.81. The Morgan fingerprint density at radius 3 is 2.77 bits per heavy atom. The minimum atomic E-state index is -0.238. The Morgan fingerprint density at radius 1 is 1.35 bits per heavy atom. The van der Waals surface area contributed by atoms with E-state index < -0.39 is 0 Å². The monoisotopic (exact) mass is 436 g/mol. The summed E-state index contributed by atoms with van der Waals surface area (Å²) in [6.45, 7) is 3.57. The number of aliphatic hydroxyl groups excluding tert-OH is 1. The van der Waals surface area contributed by atoms with E-state index in [1.165, 1.54) is 11.3 Å². The van der Waals surface area contributed by atoms with Gasteiger partial charge in [-0.25, -0.2) is 4.98 Å². The molecule has 1 aromatic carbocycles. The Labute approximate surface area is 164 Å². The molecule has 0 saturated carbocycles. The van der Waals surface area contributed by atoms with Crippen LogP contribution in [0.3, 0.4) is 0 Å². The van der Waals surface area contributed by atoms with Gasteiger partial charge >= 0.3 is 0 Å². The number of piperidine rings is 1. The van der Waals surface area contributed by atoms with E-state index in [9.17, 15) is 10.2 Å². The van der Waals surface area contributed by atoms with Crippen molar-refractivity contribution in [1.29, 1.82) is 0 Å². The fraction of sp³-hybridized carbons (Fsp3) is 0.444. The minimum Gasteiger partial charge on any atom is -0.492 e. The number of likely N-dealkylation sites (tertiary alicyclic amines) is 1. The number of benzene rings is 1. The van der Waals surface area contributed by atoms with Gasteiger partial charge in [-0.2, -0.15) is 4.52 Å². The normalized spacial score (nSPS) is 17.8. The van der Waals surface area contributed by atoms with Gasteiger partial charge in [0.25, 0.3) is 0 Å². The maximum Gasteiger partial charge on any atom is 0.230 e. The van der Waals surface area contributed by atoms with E-state index in [0.717, 1.165) is 53.1 Å². The van der Waals surface area contributed by atoms with Crippen LogP contribution in [-0.2, 0) is 6.42 Å². The smallest absolute Gasteiger partial charge is 0.230 e. The number of aromatic nitrogens is 3. The molecule has 3 aromatic rings. The maximum atomic E-state index is 10.9. The number of thiazole rings is 1. The first kappa shape index (κ1) is 17.9. The van der Waals surface area contributed by atoms with E-state index in [1.807, 2.05) is 19.1 Å². The summed E-state index contributed by atoms with van der Waals surface area (Å²) in [4.78, 5) is 8.38. The van der Waals surface area contributed by atoms with Gasteiger partial charge in [-0.3, -0.25) is 4.90 Å². The van der Waals surface area contributed by atoms with Crippen molar-refractivity contribution < 1.29 is 10.2 Å². The molecule has 8 heteroatoms. The Bertz CT molecular complexity index is 917. The van der Waals surface area contributed by atoms with E-state index in [1.54, 1.807) is 4.52 Å². The van der Waals surface area contributed by atoms with Crippen LogP contribution in [0.5, 0.6) is 5.88 Å². The van der Waals surface area contributed by atoms with Gasteiger partial charge in [0.2, 0.25) is 10.8 Å². The van der Waals surface area contributed by atoms with Gasteiger partial charge < -0.3 is 10.2 Å². The lowest BCUT2D eigenvalue weighted by molar-refractivity contribution is 0.0689. The second-order valence-electron chi connectivity index (χ2n) is 6.59. The summed E-state index contributed by atoms with van der Waals surface area (Å²) < 4.78 is 2.55. The van der Waals surface area contributed by atoms with Gasteiger partial charge in [-0.1, -0.05) is 46.3 Å². The molecule has 0 unspecified atom stereocenters. The van der Waals surface area contributed by atoms with Crippen molar-refractivity contribution >= 4 is 32.2 Å². The molecule has 0 amide bonds. The molecule has 1 saturated heterocycles. The van der Waals surface area contributed by atoms with Crippen LogP contribution in [0.4, 0.5) is 0 Å².